The molecule has 1 aliphatic carbocycles. The summed E-state index contributed by atoms with van der Waals surface area (Å²) in [5.74, 6) is 2.01. The molecule has 4 heteroatoms. The standard InChI is InChI=1S/C53H46N4/c1-32(2)35-23-14-24-36(33(3)4)49(35)55-31-30-54-53(55)47-22-11-8-16-37(47)40-28-29-41(40)44-26-15-25-43-39-18-7-10-21-46(39)52-51-45-20-9-6-17-38(45)42-19-12-13-27-48(42)56(51)34(5)57(52)50(43)44/h6-27,29-34,40H,28H2,1-5H3/t34-,40?/m1/s1. The van der Waals surface area contributed by atoms with Crippen LogP contribution in [0.5, 0.6) is 0 Å². The highest BCUT2D eigenvalue weighted by Crippen LogP contribution is 2.60. The second kappa shape index (κ2) is 12.8. The molecule has 6 aromatic carbocycles. The highest BCUT2D eigenvalue weighted by molar-refractivity contribution is 6.18. The van der Waals surface area contributed by atoms with Gasteiger partial charge in [0, 0.05) is 51.7 Å². The first-order chi connectivity index (χ1) is 27.9. The van der Waals surface area contributed by atoms with Crippen molar-refractivity contribution in [2.45, 2.75) is 65.0 Å². The van der Waals surface area contributed by atoms with Crippen molar-refractivity contribution in [2.24, 2.45) is 0 Å². The van der Waals surface area contributed by atoms with Gasteiger partial charge in [-0.1, -0.05) is 161 Å². The van der Waals surface area contributed by atoms with Crippen LogP contribution in [-0.2, 0) is 0 Å². The summed E-state index contributed by atoms with van der Waals surface area (Å²) in [6.45, 7) is 11.6. The van der Waals surface area contributed by atoms with E-state index in [9.17, 15) is 0 Å². The Bertz CT molecular complexity index is 2800. The van der Waals surface area contributed by atoms with Crippen LogP contribution in [0, 0.1) is 0 Å². The number of aromatic nitrogens is 2. The molecule has 0 radical (unpaired) electrons. The van der Waals surface area contributed by atoms with Crippen LogP contribution >= 0.6 is 0 Å². The predicted octanol–water partition coefficient (Wildman–Crippen LogP) is 13.5. The number of imidazole rings is 1. The summed E-state index contributed by atoms with van der Waals surface area (Å²) in [6.07, 6.45) is 7.67. The molecule has 0 saturated carbocycles. The van der Waals surface area contributed by atoms with Gasteiger partial charge in [0.15, 0.2) is 0 Å². The number of para-hydroxylation sites is 3. The molecular formula is C53H46N4. The Morgan fingerprint density at radius 1 is 0.526 bits per heavy atom. The second-order valence-corrected chi connectivity index (χ2v) is 16.6. The Hall–Kier alpha value is -6.39. The van der Waals surface area contributed by atoms with Gasteiger partial charge in [0.1, 0.15) is 12.0 Å². The fourth-order valence-corrected chi connectivity index (χ4v) is 10.3. The molecule has 278 valence electrons. The van der Waals surface area contributed by atoms with Crippen LogP contribution in [0.15, 0.2) is 152 Å². The number of nitrogens with zero attached hydrogens (tertiary/aromatic N) is 4. The number of hydrogen-bond donors (Lipinski definition) is 0. The van der Waals surface area contributed by atoms with Gasteiger partial charge in [0.25, 0.3) is 0 Å². The van der Waals surface area contributed by atoms with Crippen LogP contribution in [0.2, 0.25) is 0 Å². The van der Waals surface area contributed by atoms with Gasteiger partial charge < -0.3 is 9.80 Å². The summed E-state index contributed by atoms with van der Waals surface area (Å²) in [4.78, 5) is 10.4. The van der Waals surface area contributed by atoms with E-state index < -0.39 is 0 Å². The molecule has 11 rings (SSSR count). The van der Waals surface area contributed by atoms with Crippen molar-refractivity contribution in [3.05, 3.63) is 185 Å². The maximum absolute atomic E-state index is 5.11. The number of rotatable bonds is 6. The third-order valence-corrected chi connectivity index (χ3v) is 12.9. The number of anilines is 2. The average molecular weight is 739 g/mol. The van der Waals surface area contributed by atoms with Crippen LogP contribution < -0.4 is 9.80 Å². The highest BCUT2D eigenvalue weighted by Gasteiger charge is 2.47. The summed E-state index contributed by atoms with van der Waals surface area (Å²) in [5.41, 5.74) is 22.1. The van der Waals surface area contributed by atoms with Crippen molar-refractivity contribution in [1.29, 1.82) is 0 Å². The Balaban J connectivity index is 1.08. The SMILES string of the molecule is CC(C)c1cccc(C(C)C)c1-n1ccnc1-c1ccccc1C1CC=C1c1cccc2c1N1C(=C3c4ccccc4-c4ccccc4N3[C@H]1C)c1ccccc1-2. The molecule has 0 spiro atoms. The van der Waals surface area contributed by atoms with Crippen LogP contribution in [0.3, 0.4) is 0 Å². The molecule has 3 aliphatic heterocycles. The van der Waals surface area contributed by atoms with Crippen LogP contribution in [-0.4, -0.2) is 15.7 Å². The largest absolute Gasteiger partial charge is 0.317 e. The van der Waals surface area contributed by atoms with Crippen LogP contribution in [0.1, 0.15) is 92.2 Å². The zero-order valence-electron chi connectivity index (χ0n) is 33.2. The van der Waals surface area contributed by atoms with Crippen LogP contribution in [0.25, 0.3) is 56.3 Å². The molecule has 57 heavy (non-hydrogen) atoms. The van der Waals surface area contributed by atoms with Gasteiger partial charge in [0.2, 0.25) is 0 Å². The lowest BCUT2D eigenvalue weighted by molar-refractivity contribution is 0.754. The summed E-state index contributed by atoms with van der Waals surface area (Å²) in [7, 11) is 0. The first kappa shape index (κ1) is 33.9. The van der Waals surface area contributed by atoms with Gasteiger partial charge in [-0.15, -0.1) is 0 Å². The minimum atomic E-state index is 0.0628. The van der Waals surface area contributed by atoms with Gasteiger partial charge in [-0.2, -0.15) is 0 Å². The molecule has 4 aliphatic rings. The lowest BCUT2D eigenvalue weighted by Crippen LogP contribution is -2.40. The number of fused-ring (bicyclic) bond motifs is 12. The van der Waals surface area contributed by atoms with Gasteiger partial charge >= 0.3 is 0 Å². The topological polar surface area (TPSA) is 24.3 Å². The summed E-state index contributed by atoms with van der Waals surface area (Å²) >= 11 is 0. The van der Waals surface area contributed by atoms with E-state index in [0.29, 0.717) is 11.8 Å². The van der Waals surface area contributed by atoms with Crippen LogP contribution in [0.4, 0.5) is 11.4 Å². The van der Waals surface area contributed by atoms with Crippen molar-refractivity contribution < 1.29 is 0 Å². The third kappa shape index (κ3) is 4.83. The molecule has 0 saturated heterocycles. The highest BCUT2D eigenvalue weighted by atomic mass is 15.4. The van der Waals surface area contributed by atoms with Gasteiger partial charge in [-0.05, 0) is 64.6 Å². The quantitative estimate of drug-likeness (QED) is 0.170. The van der Waals surface area contributed by atoms with Crippen molar-refractivity contribution >= 4 is 28.3 Å². The number of benzene rings is 6. The van der Waals surface area contributed by atoms with Crippen molar-refractivity contribution in [3.63, 3.8) is 0 Å². The van der Waals surface area contributed by atoms with Crippen molar-refractivity contribution in [2.75, 3.05) is 9.80 Å². The Morgan fingerprint density at radius 3 is 1.74 bits per heavy atom. The average Bonchev–Trinajstić information content (AvgIpc) is 3.84. The maximum atomic E-state index is 5.11. The predicted molar refractivity (Wildman–Crippen MR) is 238 cm³/mol. The Kier molecular flexibility index (Phi) is 7.63. The zero-order chi connectivity index (χ0) is 38.5. The number of allylic oxidation sites excluding steroid dienone is 2. The second-order valence-electron chi connectivity index (χ2n) is 16.6. The molecule has 0 amide bonds. The van der Waals surface area contributed by atoms with Gasteiger partial charge in [-0.25, -0.2) is 4.98 Å². The van der Waals surface area contributed by atoms with Crippen molar-refractivity contribution in [1.82, 2.24) is 9.55 Å². The van der Waals surface area contributed by atoms with E-state index in [1.807, 2.05) is 6.20 Å². The van der Waals surface area contributed by atoms with E-state index in [1.165, 1.54) is 95.2 Å². The number of hydrogen-bond acceptors (Lipinski definition) is 3. The van der Waals surface area contributed by atoms with E-state index in [-0.39, 0.29) is 12.1 Å². The minimum absolute atomic E-state index is 0.0628. The molecule has 0 bridgehead atoms. The molecule has 1 unspecified atom stereocenters. The zero-order valence-corrected chi connectivity index (χ0v) is 33.2. The van der Waals surface area contributed by atoms with E-state index in [4.69, 9.17) is 4.98 Å². The Morgan fingerprint density at radius 2 is 1.07 bits per heavy atom. The molecule has 1 aromatic heterocycles. The normalized spacial score (nSPS) is 17.4. The van der Waals surface area contributed by atoms with E-state index in [1.54, 1.807) is 0 Å². The van der Waals surface area contributed by atoms with Gasteiger partial charge in [0.05, 0.1) is 28.5 Å². The molecule has 4 nitrogen and oxygen atoms in total. The van der Waals surface area contributed by atoms with Gasteiger partial charge in [-0.3, -0.25) is 4.57 Å². The molecule has 4 heterocycles. The minimum Gasteiger partial charge on any atom is -0.317 e. The Labute approximate surface area is 336 Å². The lowest BCUT2D eigenvalue weighted by Gasteiger charge is -2.40. The lowest BCUT2D eigenvalue weighted by atomic mass is 9.73. The molecular weight excluding hydrogens is 693 g/mol. The van der Waals surface area contributed by atoms with E-state index >= 15 is 0 Å². The first-order valence-electron chi connectivity index (χ1n) is 20.6. The van der Waals surface area contributed by atoms with E-state index in [2.05, 4.69) is 195 Å². The molecule has 0 fully saturated rings. The third-order valence-electron chi connectivity index (χ3n) is 12.9. The fourth-order valence-electron chi connectivity index (χ4n) is 10.3. The van der Waals surface area contributed by atoms with E-state index in [0.717, 1.165) is 12.2 Å². The van der Waals surface area contributed by atoms with Crippen molar-refractivity contribution in [3.8, 4) is 39.3 Å². The fraction of sp³-hybridized carbons (Fsp3) is 0.189. The molecule has 0 N–H and O–H groups in total. The summed E-state index contributed by atoms with van der Waals surface area (Å²) < 4.78 is 2.36. The first-order valence-corrected chi connectivity index (χ1v) is 20.6. The maximum Gasteiger partial charge on any atom is 0.144 e. The molecule has 7 aromatic rings. The smallest absolute Gasteiger partial charge is 0.144 e. The molecule has 2 atom stereocenters. The summed E-state index contributed by atoms with van der Waals surface area (Å²) in [5, 5.41) is 0. The summed E-state index contributed by atoms with van der Waals surface area (Å²) in [6, 6.07) is 49.7. The monoisotopic (exact) mass is 738 g/mol.